The number of rotatable bonds is 4. The van der Waals surface area contributed by atoms with Crippen LogP contribution < -0.4 is 15.6 Å². The van der Waals surface area contributed by atoms with Gasteiger partial charge in [0, 0.05) is 6.04 Å². The van der Waals surface area contributed by atoms with E-state index in [1.54, 1.807) is 0 Å². The van der Waals surface area contributed by atoms with E-state index in [1.165, 1.54) is 0 Å². The monoisotopic (exact) mass is 341 g/mol. The average Bonchev–Trinajstić information content (AvgIpc) is 2.50. The number of aromatic nitrogens is 2. The maximum atomic E-state index is 11.8. The van der Waals surface area contributed by atoms with Crippen molar-refractivity contribution in [2.75, 3.05) is 11.9 Å². The lowest BCUT2D eigenvalue weighted by atomic mass is 9.58. The fraction of sp³-hybridized carbons (Fsp3) is 0.765. The molecule has 1 aromatic heterocycles. The predicted octanol–water partition coefficient (Wildman–Crippen LogP) is 3.94. The highest BCUT2D eigenvalue weighted by atomic mass is 35.5. The molecule has 5 nitrogen and oxygen atoms in total. The molecule has 0 bridgehead atoms. The predicted molar refractivity (Wildman–Crippen MR) is 94.3 cm³/mol. The molecule has 1 aliphatic rings. The van der Waals surface area contributed by atoms with Gasteiger partial charge in [0.25, 0.3) is 11.4 Å². The van der Waals surface area contributed by atoms with Crippen molar-refractivity contribution < 1.29 is 4.74 Å². The van der Waals surface area contributed by atoms with Crippen LogP contribution in [0, 0.1) is 23.2 Å². The number of anilines is 1. The summed E-state index contributed by atoms with van der Waals surface area (Å²) in [4.78, 5) is 11.8. The Morgan fingerprint density at radius 1 is 1.39 bits per heavy atom. The van der Waals surface area contributed by atoms with E-state index in [0.717, 1.165) is 6.42 Å². The first-order valence-electron chi connectivity index (χ1n) is 8.37. The van der Waals surface area contributed by atoms with Crippen LogP contribution in [0.25, 0.3) is 0 Å². The molecule has 0 aromatic carbocycles. The van der Waals surface area contributed by atoms with Crippen LogP contribution in [-0.2, 0) is 0 Å². The zero-order valence-electron chi connectivity index (χ0n) is 14.9. The normalized spacial score (nSPS) is 30.0. The summed E-state index contributed by atoms with van der Waals surface area (Å²) in [6.45, 7) is 13.9. The second-order valence-electron chi connectivity index (χ2n) is 7.34. The largest absolute Gasteiger partial charge is 0.475 e. The highest BCUT2D eigenvalue weighted by molar-refractivity contribution is 6.33. The van der Waals surface area contributed by atoms with Gasteiger partial charge in [-0.1, -0.05) is 46.2 Å². The Balaban J connectivity index is 2.32. The second-order valence-corrected chi connectivity index (χ2v) is 7.71. The van der Waals surface area contributed by atoms with Gasteiger partial charge in [-0.05, 0) is 36.5 Å². The minimum Gasteiger partial charge on any atom is -0.475 e. The van der Waals surface area contributed by atoms with E-state index in [9.17, 15) is 4.79 Å². The topological polar surface area (TPSA) is 67.0 Å². The molecule has 23 heavy (non-hydrogen) atoms. The summed E-state index contributed by atoms with van der Waals surface area (Å²) in [5.74, 6) is 1.92. The van der Waals surface area contributed by atoms with Gasteiger partial charge in [-0.15, -0.1) is 5.10 Å². The molecule has 1 fully saturated rings. The Hall–Kier alpha value is -1.23. The van der Waals surface area contributed by atoms with Crippen molar-refractivity contribution in [3.63, 3.8) is 0 Å². The van der Waals surface area contributed by atoms with Crippen LogP contribution in [0.2, 0.25) is 5.02 Å². The number of hydrogen-bond donors (Lipinski definition) is 2. The molecule has 2 N–H and O–H groups in total. The third-order valence-corrected chi connectivity index (χ3v) is 6.34. The molecule has 130 valence electrons. The van der Waals surface area contributed by atoms with Gasteiger partial charge < -0.3 is 10.1 Å². The quantitative estimate of drug-likeness (QED) is 0.870. The van der Waals surface area contributed by atoms with Crippen LogP contribution in [0.3, 0.4) is 0 Å². The van der Waals surface area contributed by atoms with E-state index in [-0.39, 0.29) is 16.5 Å². The zero-order valence-corrected chi connectivity index (χ0v) is 15.6. The lowest BCUT2D eigenvalue weighted by molar-refractivity contribution is 0.0316. The summed E-state index contributed by atoms with van der Waals surface area (Å²) in [5, 5.41) is 9.91. The molecule has 1 saturated carbocycles. The van der Waals surface area contributed by atoms with E-state index in [0.29, 0.717) is 35.9 Å². The molecule has 6 heteroatoms. The third kappa shape index (κ3) is 3.35. The minimum absolute atomic E-state index is 0.112. The molecule has 2 rings (SSSR count). The second kappa shape index (κ2) is 6.71. The van der Waals surface area contributed by atoms with Gasteiger partial charge in [-0.25, -0.2) is 5.10 Å². The SMILES string of the molecule is CCOc1n[nH]c(=O)c(Cl)c1N[C@@H]1C[C@H](C)C(C)(C)[C@H](C)[C@H]1C. The molecule has 4 atom stereocenters. The number of aromatic amines is 1. The Bertz CT molecular complexity index is 614. The number of nitrogens with one attached hydrogen (secondary N) is 2. The number of H-pyrrole nitrogens is 1. The summed E-state index contributed by atoms with van der Waals surface area (Å²) in [5.41, 5.74) is 0.395. The van der Waals surface area contributed by atoms with Gasteiger partial charge in [0.05, 0.1) is 6.61 Å². The summed E-state index contributed by atoms with van der Waals surface area (Å²) < 4.78 is 5.52. The van der Waals surface area contributed by atoms with Crippen LogP contribution in [0.5, 0.6) is 5.88 Å². The van der Waals surface area contributed by atoms with Gasteiger partial charge in [-0.2, -0.15) is 0 Å². The Kier molecular flexibility index (Phi) is 5.29. The van der Waals surface area contributed by atoms with Crippen molar-refractivity contribution in [2.45, 2.75) is 54.0 Å². The summed E-state index contributed by atoms with van der Waals surface area (Å²) in [6.07, 6.45) is 1.02. The average molecular weight is 342 g/mol. The summed E-state index contributed by atoms with van der Waals surface area (Å²) in [6, 6.07) is 0.230. The van der Waals surface area contributed by atoms with Crippen molar-refractivity contribution in [3.8, 4) is 5.88 Å². The smallest absolute Gasteiger partial charge is 0.285 e. The highest BCUT2D eigenvalue weighted by Crippen LogP contribution is 2.48. The van der Waals surface area contributed by atoms with Crippen LogP contribution in [-0.4, -0.2) is 22.8 Å². The Morgan fingerprint density at radius 3 is 2.65 bits per heavy atom. The van der Waals surface area contributed by atoms with E-state index in [4.69, 9.17) is 16.3 Å². The molecule has 0 unspecified atom stereocenters. The fourth-order valence-corrected chi connectivity index (χ4v) is 3.71. The Morgan fingerprint density at radius 2 is 2.04 bits per heavy atom. The zero-order chi connectivity index (χ0) is 17.4. The van der Waals surface area contributed by atoms with E-state index >= 15 is 0 Å². The number of hydrogen-bond acceptors (Lipinski definition) is 4. The van der Waals surface area contributed by atoms with Gasteiger partial charge in [0.15, 0.2) is 0 Å². The molecule has 1 aromatic rings. The minimum atomic E-state index is -0.400. The number of halogens is 1. The summed E-state index contributed by atoms with van der Waals surface area (Å²) in [7, 11) is 0. The summed E-state index contributed by atoms with van der Waals surface area (Å²) >= 11 is 6.20. The Labute approximate surface area is 143 Å². The fourth-order valence-electron chi connectivity index (χ4n) is 3.53. The van der Waals surface area contributed by atoms with E-state index in [2.05, 4.69) is 50.1 Å². The van der Waals surface area contributed by atoms with Crippen LogP contribution in [0.1, 0.15) is 48.0 Å². The van der Waals surface area contributed by atoms with Crippen molar-refractivity contribution >= 4 is 17.3 Å². The lowest BCUT2D eigenvalue weighted by Gasteiger charge is -2.50. The molecular weight excluding hydrogens is 314 g/mol. The lowest BCUT2D eigenvalue weighted by Crippen LogP contribution is -2.48. The van der Waals surface area contributed by atoms with Gasteiger partial charge >= 0.3 is 0 Å². The molecule has 0 saturated heterocycles. The van der Waals surface area contributed by atoms with E-state index < -0.39 is 5.56 Å². The van der Waals surface area contributed by atoms with Crippen molar-refractivity contribution in [1.82, 2.24) is 10.2 Å². The standard InChI is InChI=1S/C17H28ClN3O2/c1-7-23-16-14(13(18)15(22)20-21-16)19-12-8-9(2)17(5,6)11(4)10(12)3/h9-12H,7-8H2,1-6H3,(H2,19,20,22)/t9-,10+,11+,12+/m0/s1. The number of nitrogens with zero attached hydrogens (tertiary/aromatic N) is 1. The van der Waals surface area contributed by atoms with Crippen molar-refractivity contribution in [2.24, 2.45) is 23.2 Å². The van der Waals surface area contributed by atoms with Crippen molar-refractivity contribution in [3.05, 3.63) is 15.4 Å². The van der Waals surface area contributed by atoms with Crippen LogP contribution in [0.4, 0.5) is 5.69 Å². The van der Waals surface area contributed by atoms with Crippen molar-refractivity contribution in [1.29, 1.82) is 0 Å². The first kappa shape index (κ1) is 18.1. The highest BCUT2D eigenvalue weighted by Gasteiger charge is 2.44. The first-order chi connectivity index (χ1) is 10.7. The third-order valence-electron chi connectivity index (χ3n) is 5.98. The van der Waals surface area contributed by atoms with Crippen LogP contribution >= 0.6 is 11.6 Å². The van der Waals surface area contributed by atoms with Gasteiger partial charge in [0.2, 0.25) is 0 Å². The first-order valence-corrected chi connectivity index (χ1v) is 8.75. The molecular formula is C17H28ClN3O2. The number of ether oxygens (including phenoxy) is 1. The maximum absolute atomic E-state index is 11.8. The van der Waals surface area contributed by atoms with Gasteiger partial charge in [-0.3, -0.25) is 4.79 Å². The van der Waals surface area contributed by atoms with E-state index in [1.807, 2.05) is 6.92 Å². The molecule has 0 aliphatic heterocycles. The maximum Gasteiger partial charge on any atom is 0.285 e. The molecule has 0 spiro atoms. The molecule has 1 aliphatic carbocycles. The molecule has 0 radical (unpaired) electrons. The van der Waals surface area contributed by atoms with Gasteiger partial charge in [0.1, 0.15) is 10.7 Å². The van der Waals surface area contributed by atoms with Crippen LogP contribution in [0.15, 0.2) is 4.79 Å². The molecule has 0 amide bonds. The molecule has 1 heterocycles.